The molecule has 0 atom stereocenters. The molecule has 0 fully saturated rings. The molecule has 0 saturated carbocycles. The minimum atomic E-state index is 0.356. The lowest BCUT2D eigenvalue weighted by Gasteiger charge is -2.03. The van der Waals surface area contributed by atoms with Gasteiger partial charge in [-0.1, -0.05) is 12.8 Å². The number of carbonyl (C=O) groups is 2. The van der Waals surface area contributed by atoms with E-state index in [1.165, 1.54) is 14.2 Å². The van der Waals surface area contributed by atoms with Crippen molar-refractivity contribution < 1.29 is 19.1 Å². The van der Waals surface area contributed by atoms with Crippen LogP contribution >= 0.6 is 0 Å². The maximum absolute atomic E-state index is 9.56. The molecule has 0 bridgehead atoms. The highest BCUT2D eigenvalue weighted by atomic mass is 16.5. The summed E-state index contributed by atoms with van der Waals surface area (Å²) in [6.45, 7) is 0. The van der Waals surface area contributed by atoms with E-state index < -0.39 is 0 Å². The number of nitrogens with one attached hydrogen (secondary N) is 2. The van der Waals surface area contributed by atoms with Gasteiger partial charge in [0.15, 0.2) is 11.8 Å². The van der Waals surface area contributed by atoms with Gasteiger partial charge in [-0.2, -0.15) is 0 Å². The molecule has 0 aliphatic carbocycles. The Morgan fingerprint density at radius 3 is 1.43 bits per heavy atom. The topological polar surface area (TPSA) is 100 Å². The van der Waals surface area contributed by atoms with E-state index in [1.54, 1.807) is 0 Å². The molecule has 0 rings (SSSR count). The molecule has 2 N–H and O–H groups in total. The molecule has 0 spiro atoms. The van der Waals surface area contributed by atoms with Crippen molar-refractivity contribution in [1.29, 1.82) is 10.8 Å². The van der Waals surface area contributed by atoms with Crippen LogP contribution in [-0.4, -0.2) is 38.6 Å². The van der Waals surface area contributed by atoms with E-state index in [4.69, 9.17) is 20.3 Å². The maximum Gasteiger partial charge on any atom is 0.180 e. The van der Waals surface area contributed by atoms with Crippen molar-refractivity contribution in [3.8, 4) is 0 Å². The summed E-state index contributed by atoms with van der Waals surface area (Å²) in [6, 6.07) is 0. The monoisotopic (exact) mass is 300 g/mol. The minimum Gasteiger partial charge on any atom is -0.484 e. The van der Waals surface area contributed by atoms with E-state index >= 15 is 0 Å². The van der Waals surface area contributed by atoms with Crippen LogP contribution < -0.4 is 0 Å². The summed E-state index contributed by atoms with van der Waals surface area (Å²) in [6.07, 6.45) is 8.97. The van der Waals surface area contributed by atoms with Crippen molar-refractivity contribution in [2.75, 3.05) is 14.2 Å². The van der Waals surface area contributed by atoms with Crippen molar-refractivity contribution in [1.82, 2.24) is 0 Å². The highest BCUT2D eigenvalue weighted by Gasteiger charge is 1.97. The van der Waals surface area contributed by atoms with Gasteiger partial charge in [0, 0.05) is 25.7 Å². The van der Waals surface area contributed by atoms with Crippen LogP contribution in [0.4, 0.5) is 0 Å². The van der Waals surface area contributed by atoms with Crippen molar-refractivity contribution in [3.05, 3.63) is 0 Å². The fraction of sp³-hybridized carbons (Fsp3) is 0.733. The molecule has 0 aliphatic rings. The highest BCUT2D eigenvalue weighted by Crippen LogP contribution is 2.06. The lowest BCUT2D eigenvalue weighted by molar-refractivity contribution is -0.108. The average molecular weight is 300 g/mol. The number of aldehydes is 2. The van der Waals surface area contributed by atoms with Gasteiger partial charge in [-0.05, 0) is 19.3 Å². The Balaban J connectivity index is 0. The second-order valence-corrected chi connectivity index (χ2v) is 4.43. The van der Waals surface area contributed by atoms with Gasteiger partial charge < -0.3 is 19.1 Å². The number of methoxy groups -OCH3 is 2. The molecule has 0 heterocycles. The molecule has 21 heavy (non-hydrogen) atoms. The first-order valence-electron chi connectivity index (χ1n) is 7.22. The second kappa shape index (κ2) is 18.3. The van der Waals surface area contributed by atoms with Crippen LogP contribution in [0.25, 0.3) is 0 Å². The van der Waals surface area contributed by atoms with E-state index in [-0.39, 0.29) is 0 Å². The standard InChI is InChI=1S/C10H20N2O2.C5H8O2/c1-13-9(11)7-5-3-4-6-8-10(12)14-2;6-4-2-1-3-5-7/h11-12H,3-8H2,1-2H3;4-5H,1-3H2. The summed E-state index contributed by atoms with van der Waals surface area (Å²) in [4.78, 5) is 19.1. The molecule has 0 unspecified atom stereocenters. The lowest BCUT2D eigenvalue weighted by Crippen LogP contribution is -1.99. The van der Waals surface area contributed by atoms with E-state index in [1.807, 2.05) is 0 Å². The minimum absolute atomic E-state index is 0.356. The van der Waals surface area contributed by atoms with Crippen LogP contribution in [0, 0.1) is 10.8 Å². The summed E-state index contributed by atoms with van der Waals surface area (Å²) in [7, 11) is 3.06. The zero-order valence-electron chi connectivity index (χ0n) is 13.2. The van der Waals surface area contributed by atoms with E-state index in [2.05, 4.69) is 0 Å². The van der Waals surface area contributed by atoms with Crippen molar-refractivity contribution in [2.45, 2.75) is 57.8 Å². The molecule has 0 aliphatic heterocycles. The zero-order chi connectivity index (χ0) is 16.3. The van der Waals surface area contributed by atoms with Crippen LogP contribution in [-0.2, 0) is 19.1 Å². The van der Waals surface area contributed by atoms with Crippen molar-refractivity contribution >= 4 is 24.4 Å². The Labute approximate surface area is 127 Å². The van der Waals surface area contributed by atoms with Gasteiger partial charge in [-0.3, -0.25) is 10.8 Å². The van der Waals surface area contributed by atoms with Crippen LogP contribution in [0.5, 0.6) is 0 Å². The lowest BCUT2D eigenvalue weighted by atomic mass is 10.1. The SMILES string of the molecule is COC(=N)CCCCCCC(=N)OC.O=CCCCC=O. The van der Waals surface area contributed by atoms with Crippen LogP contribution in [0.1, 0.15) is 57.8 Å². The third kappa shape index (κ3) is 20.8. The first-order valence-corrected chi connectivity index (χ1v) is 7.22. The van der Waals surface area contributed by atoms with E-state index in [0.29, 0.717) is 31.1 Å². The molecule has 0 amide bonds. The molecule has 0 aromatic carbocycles. The summed E-state index contributed by atoms with van der Waals surface area (Å²) >= 11 is 0. The Kier molecular flexibility index (Phi) is 18.8. The van der Waals surface area contributed by atoms with Crippen LogP contribution in [0.2, 0.25) is 0 Å². The third-order valence-corrected chi connectivity index (χ3v) is 2.69. The van der Waals surface area contributed by atoms with E-state index in [9.17, 15) is 9.59 Å². The highest BCUT2D eigenvalue weighted by molar-refractivity contribution is 5.72. The molecule has 6 nitrogen and oxygen atoms in total. The summed E-state index contributed by atoms with van der Waals surface area (Å²) in [5, 5.41) is 14.5. The van der Waals surface area contributed by atoms with Gasteiger partial charge in [0.25, 0.3) is 0 Å². The second-order valence-electron chi connectivity index (χ2n) is 4.43. The molecule has 0 aromatic rings. The largest absolute Gasteiger partial charge is 0.484 e. The van der Waals surface area contributed by atoms with Gasteiger partial charge in [0.1, 0.15) is 12.6 Å². The predicted molar refractivity (Wildman–Crippen MR) is 83.2 cm³/mol. The Morgan fingerprint density at radius 1 is 0.762 bits per heavy atom. The Hall–Kier alpha value is -1.72. The number of rotatable bonds is 11. The molecular formula is C15H28N2O4. The smallest absolute Gasteiger partial charge is 0.180 e. The molecule has 0 saturated heterocycles. The normalized spacial score (nSPS) is 9.05. The molecule has 0 radical (unpaired) electrons. The van der Waals surface area contributed by atoms with Gasteiger partial charge in [0.05, 0.1) is 14.2 Å². The Bertz CT molecular complexity index is 265. The molecular weight excluding hydrogens is 272 g/mol. The van der Waals surface area contributed by atoms with Gasteiger partial charge >= 0.3 is 0 Å². The predicted octanol–water partition coefficient (Wildman–Crippen LogP) is 3.13. The first kappa shape index (κ1) is 21.6. The number of ether oxygens (including phenoxy) is 2. The summed E-state index contributed by atoms with van der Waals surface area (Å²) in [5.74, 6) is 0.712. The number of hydrogen-bond donors (Lipinski definition) is 2. The fourth-order valence-corrected chi connectivity index (χ4v) is 1.41. The third-order valence-electron chi connectivity index (χ3n) is 2.69. The average Bonchev–Trinajstić information content (AvgIpc) is 2.51. The van der Waals surface area contributed by atoms with Gasteiger partial charge in [0.2, 0.25) is 0 Å². The fourth-order valence-electron chi connectivity index (χ4n) is 1.41. The zero-order valence-corrected chi connectivity index (χ0v) is 13.2. The molecule has 122 valence electrons. The van der Waals surface area contributed by atoms with Crippen LogP contribution in [0.15, 0.2) is 0 Å². The van der Waals surface area contributed by atoms with Gasteiger partial charge in [-0.25, -0.2) is 0 Å². The first-order chi connectivity index (χ1) is 10.1. The van der Waals surface area contributed by atoms with Crippen molar-refractivity contribution in [3.63, 3.8) is 0 Å². The van der Waals surface area contributed by atoms with Crippen LogP contribution in [0.3, 0.4) is 0 Å². The number of hydrogen-bond acceptors (Lipinski definition) is 6. The Morgan fingerprint density at radius 2 is 1.14 bits per heavy atom. The van der Waals surface area contributed by atoms with Crippen molar-refractivity contribution in [2.24, 2.45) is 0 Å². The summed E-state index contributed by atoms with van der Waals surface area (Å²) < 4.78 is 9.48. The quantitative estimate of drug-likeness (QED) is 0.265. The number of carbonyl (C=O) groups excluding carboxylic acids is 2. The molecule has 0 aromatic heterocycles. The molecule has 6 heteroatoms. The summed E-state index contributed by atoms with van der Waals surface area (Å²) in [5.41, 5.74) is 0. The number of unbranched alkanes of at least 4 members (excludes halogenated alkanes) is 5. The van der Waals surface area contributed by atoms with E-state index in [0.717, 1.165) is 51.1 Å². The van der Waals surface area contributed by atoms with Gasteiger partial charge in [-0.15, -0.1) is 0 Å². The maximum atomic E-state index is 9.56.